The lowest BCUT2D eigenvalue weighted by Crippen LogP contribution is -1.99. The van der Waals surface area contributed by atoms with Crippen LogP contribution in [0.3, 0.4) is 0 Å². The van der Waals surface area contributed by atoms with Crippen LogP contribution in [0.1, 0.15) is 10.5 Å². The summed E-state index contributed by atoms with van der Waals surface area (Å²) < 4.78 is 5.00. The van der Waals surface area contributed by atoms with E-state index in [1.807, 2.05) is 0 Å². The van der Waals surface area contributed by atoms with Crippen LogP contribution >= 0.6 is 0 Å². The van der Waals surface area contributed by atoms with Crippen molar-refractivity contribution >= 4 is 5.97 Å². The van der Waals surface area contributed by atoms with Gasteiger partial charge in [-0.2, -0.15) is 0 Å². The molecule has 6 nitrogen and oxygen atoms in total. The molecule has 82 valence electrons. The quantitative estimate of drug-likeness (QED) is 0.809. The zero-order valence-electron chi connectivity index (χ0n) is 8.47. The Morgan fingerprint density at radius 3 is 2.62 bits per heavy atom. The minimum atomic E-state index is -1.09. The monoisotopic (exact) mass is 219 g/mol. The highest BCUT2D eigenvalue weighted by Gasteiger charge is 2.15. The number of aromatic nitrogens is 3. The predicted molar refractivity (Wildman–Crippen MR) is 55.3 cm³/mol. The molecule has 1 aromatic carbocycles. The molecule has 0 fully saturated rings. The summed E-state index contributed by atoms with van der Waals surface area (Å²) >= 11 is 0. The maximum atomic E-state index is 10.8. The first-order valence-electron chi connectivity index (χ1n) is 4.51. The van der Waals surface area contributed by atoms with Gasteiger partial charge in [0.25, 0.3) is 0 Å². The minimum Gasteiger partial charge on any atom is -0.497 e. The number of aromatic amines is 1. The molecule has 0 aliphatic carbocycles. The molecule has 0 spiro atoms. The molecule has 0 amide bonds. The summed E-state index contributed by atoms with van der Waals surface area (Å²) in [5.41, 5.74) is 0.965. The van der Waals surface area contributed by atoms with E-state index in [1.54, 1.807) is 31.4 Å². The molecule has 1 aromatic heterocycles. The molecule has 0 radical (unpaired) electrons. The molecule has 0 aliphatic heterocycles. The SMILES string of the molecule is COc1ccc(-c2nn[nH]c2C(=O)O)cc1. The summed E-state index contributed by atoms with van der Waals surface area (Å²) in [5, 5.41) is 18.4. The van der Waals surface area contributed by atoms with Gasteiger partial charge in [0.1, 0.15) is 11.4 Å². The number of ether oxygens (including phenoxy) is 1. The van der Waals surface area contributed by atoms with Crippen LogP contribution in [-0.2, 0) is 0 Å². The Bertz CT molecular complexity index is 504. The summed E-state index contributed by atoms with van der Waals surface area (Å²) in [6, 6.07) is 6.91. The average Bonchev–Trinajstić information content (AvgIpc) is 2.78. The maximum absolute atomic E-state index is 10.8. The molecular weight excluding hydrogens is 210 g/mol. The van der Waals surface area contributed by atoms with Gasteiger partial charge < -0.3 is 9.84 Å². The molecule has 6 heteroatoms. The average molecular weight is 219 g/mol. The summed E-state index contributed by atoms with van der Waals surface area (Å²) in [6.45, 7) is 0. The number of methoxy groups -OCH3 is 1. The lowest BCUT2D eigenvalue weighted by molar-refractivity contribution is 0.0691. The second-order valence-corrected chi connectivity index (χ2v) is 3.07. The molecular formula is C10H9N3O3. The van der Waals surface area contributed by atoms with Crippen LogP contribution in [0.25, 0.3) is 11.3 Å². The molecule has 2 rings (SSSR count). The van der Waals surface area contributed by atoms with Crippen molar-refractivity contribution in [3.63, 3.8) is 0 Å². The predicted octanol–water partition coefficient (Wildman–Crippen LogP) is 1.18. The van der Waals surface area contributed by atoms with Crippen molar-refractivity contribution < 1.29 is 14.6 Å². The van der Waals surface area contributed by atoms with Crippen LogP contribution < -0.4 is 4.74 Å². The molecule has 0 aliphatic rings. The number of hydrogen-bond donors (Lipinski definition) is 2. The number of carboxylic acids is 1. The Kier molecular flexibility index (Phi) is 2.55. The third-order valence-electron chi connectivity index (χ3n) is 2.13. The summed E-state index contributed by atoms with van der Waals surface area (Å²) in [5.74, 6) is -0.389. The van der Waals surface area contributed by atoms with Crippen molar-refractivity contribution in [2.45, 2.75) is 0 Å². The molecule has 1 heterocycles. The fraction of sp³-hybridized carbons (Fsp3) is 0.100. The molecule has 0 saturated heterocycles. The topological polar surface area (TPSA) is 88.1 Å². The number of nitrogens with one attached hydrogen (secondary N) is 1. The Balaban J connectivity index is 2.42. The molecule has 16 heavy (non-hydrogen) atoms. The molecule has 0 saturated carbocycles. The van der Waals surface area contributed by atoms with Gasteiger partial charge in [-0.25, -0.2) is 4.79 Å². The van der Waals surface area contributed by atoms with Gasteiger partial charge in [0, 0.05) is 5.56 Å². The van der Waals surface area contributed by atoms with Gasteiger partial charge in [-0.3, -0.25) is 5.10 Å². The van der Waals surface area contributed by atoms with Gasteiger partial charge in [-0.05, 0) is 24.3 Å². The molecule has 0 atom stereocenters. The largest absolute Gasteiger partial charge is 0.497 e. The Labute approximate surface area is 90.9 Å². The van der Waals surface area contributed by atoms with Crippen molar-refractivity contribution in [2.24, 2.45) is 0 Å². The number of H-pyrrole nitrogens is 1. The van der Waals surface area contributed by atoms with E-state index in [0.29, 0.717) is 17.0 Å². The number of aromatic carboxylic acids is 1. The van der Waals surface area contributed by atoms with E-state index < -0.39 is 5.97 Å². The first-order chi connectivity index (χ1) is 7.72. The highest BCUT2D eigenvalue weighted by atomic mass is 16.5. The lowest BCUT2D eigenvalue weighted by atomic mass is 10.1. The van der Waals surface area contributed by atoms with Crippen LogP contribution in [-0.4, -0.2) is 33.6 Å². The van der Waals surface area contributed by atoms with Crippen LogP contribution in [0.4, 0.5) is 0 Å². The standard InChI is InChI=1S/C10H9N3O3/c1-16-7-4-2-6(3-5-7)8-9(10(14)15)12-13-11-8/h2-5H,1H3,(H,14,15)(H,11,12,13). The number of nitrogens with zero attached hydrogens (tertiary/aromatic N) is 2. The van der Waals surface area contributed by atoms with Gasteiger partial charge in [0.05, 0.1) is 7.11 Å². The van der Waals surface area contributed by atoms with Crippen molar-refractivity contribution in [3.05, 3.63) is 30.0 Å². The maximum Gasteiger partial charge on any atom is 0.356 e. The van der Waals surface area contributed by atoms with E-state index in [9.17, 15) is 4.79 Å². The highest BCUT2D eigenvalue weighted by Crippen LogP contribution is 2.22. The molecule has 0 unspecified atom stereocenters. The van der Waals surface area contributed by atoms with E-state index >= 15 is 0 Å². The van der Waals surface area contributed by atoms with Crippen LogP contribution in [0.2, 0.25) is 0 Å². The summed E-state index contributed by atoms with van der Waals surface area (Å²) in [4.78, 5) is 10.8. The van der Waals surface area contributed by atoms with E-state index in [-0.39, 0.29) is 5.69 Å². The third kappa shape index (κ3) is 1.72. The van der Waals surface area contributed by atoms with Gasteiger partial charge in [0.15, 0.2) is 5.69 Å². The highest BCUT2D eigenvalue weighted by molar-refractivity contribution is 5.92. The van der Waals surface area contributed by atoms with Crippen molar-refractivity contribution in [3.8, 4) is 17.0 Å². The summed E-state index contributed by atoms with van der Waals surface area (Å²) in [6.07, 6.45) is 0. The van der Waals surface area contributed by atoms with Crippen molar-refractivity contribution in [1.29, 1.82) is 0 Å². The Morgan fingerprint density at radius 1 is 1.38 bits per heavy atom. The second kappa shape index (κ2) is 4.01. The number of carbonyl (C=O) groups is 1. The van der Waals surface area contributed by atoms with Gasteiger partial charge in [-0.15, -0.1) is 5.10 Å². The fourth-order valence-electron chi connectivity index (χ4n) is 1.33. The smallest absolute Gasteiger partial charge is 0.356 e. The van der Waals surface area contributed by atoms with Gasteiger partial charge in [0.2, 0.25) is 0 Å². The van der Waals surface area contributed by atoms with Crippen molar-refractivity contribution in [2.75, 3.05) is 7.11 Å². The zero-order chi connectivity index (χ0) is 11.5. The minimum absolute atomic E-state index is 0.0230. The van der Waals surface area contributed by atoms with Crippen LogP contribution in [0.15, 0.2) is 24.3 Å². The second-order valence-electron chi connectivity index (χ2n) is 3.07. The number of carboxylic acid groups (broad SMARTS) is 1. The van der Waals surface area contributed by atoms with Crippen LogP contribution in [0.5, 0.6) is 5.75 Å². The number of benzene rings is 1. The van der Waals surface area contributed by atoms with Crippen molar-refractivity contribution in [1.82, 2.24) is 15.4 Å². The third-order valence-corrected chi connectivity index (χ3v) is 2.13. The first kappa shape index (κ1) is 10.2. The number of rotatable bonds is 3. The van der Waals surface area contributed by atoms with E-state index in [1.165, 1.54) is 0 Å². The fourth-order valence-corrected chi connectivity index (χ4v) is 1.33. The zero-order valence-corrected chi connectivity index (χ0v) is 8.47. The van der Waals surface area contributed by atoms with Crippen LogP contribution in [0, 0.1) is 0 Å². The molecule has 2 N–H and O–H groups in total. The van der Waals surface area contributed by atoms with Gasteiger partial charge >= 0.3 is 5.97 Å². The Hall–Kier alpha value is -2.37. The van der Waals surface area contributed by atoms with E-state index in [4.69, 9.17) is 9.84 Å². The number of hydrogen-bond acceptors (Lipinski definition) is 4. The molecule has 0 bridgehead atoms. The summed E-state index contributed by atoms with van der Waals surface area (Å²) in [7, 11) is 1.56. The van der Waals surface area contributed by atoms with Gasteiger partial charge in [-0.1, -0.05) is 5.21 Å². The first-order valence-corrected chi connectivity index (χ1v) is 4.51. The van der Waals surface area contributed by atoms with E-state index in [0.717, 1.165) is 0 Å². The Morgan fingerprint density at radius 2 is 2.06 bits per heavy atom. The lowest BCUT2D eigenvalue weighted by Gasteiger charge is -2.01. The normalized spacial score (nSPS) is 10.1. The van der Waals surface area contributed by atoms with E-state index in [2.05, 4.69) is 15.4 Å². The molecule has 2 aromatic rings.